The Kier molecular flexibility index (Phi) is 10.1. The Morgan fingerprint density at radius 3 is 2.60 bits per heavy atom. The molecule has 25 heavy (non-hydrogen) atoms. The second-order valence-electron chi connectivity index (χ2n) is 5.82. The van der Waals surface area contributed by atoms with E-state index in [1.165, 1.54) is 12.8 Å². The van der Waals surface area contributed by atoms with E-state index in [9.17, 15) is 4.79 Å². The smallest absolute Gasteiger partial charge is 0.233 e. The Morgan fingerprint density at radius 2 is 1.92 bits per heavy atom. The van der Waals surface area contributed by atoms with Crippen LogP contribution in [-0.2, 0) is 4.79 Å². The van der Waals surface area contributed by atoms with Crippen molar-refractivity contribution in [1.82, 2.24) is 10.2 Å². The number of methoxy groups -OCH3 is 2. The van der Waals surface area contributed by atoms with Crippen LogP contribution in [0.5, 0.6) is 11.5 Å². The van der Waals surface area contributed by atoms with Gasteiger partial charge in [0.25, 0.3) is 0 Å². The van der Waals surface area contributed by atoms with Crippen LogP contribution in [0.4, 0.5) is 0 Å². The van der Waals surface area contributed by atoms with Crippen LogP contribution in [0.2, 0.25) is 0 Å². The van der Waals surface area contributed by atoms with Gasteiger partial charge in [-0.25, -0.2) is 0 Å². The predicted octanol–water partition coefficient (Wildman–Crippen LogP) is 3.48. The highest BCUT2D eigenvalue weighted by Gasteiger charge is 2.32. The number of carbonyl (C=O) groups excluding carboxylic acids is 1. The highest BCUT2D eigenvalue weighted by atomic mass is 35.5. The molecule has 1 aliphatic heterocycles. The van der Waals surface area contributed by atoms with Crippen molar-refractivity contribution in [2.45, 2.75) is 31.6 Å². The van der Waals surface area contributed by atoms with Gasteiger partial charge in [0.05, 0.1) is 20.0 Å². The monoisotopic (exact) mass is 388 g/mol. The van der Waals surface area contributed by atoms with E-state index >= 15 is 0 Å². The third-order valence-corrected chi connectivity index (χ3v) is 5.38. The summed E-state index contributed by atoms with van der Waals surface area (Å²) >= 11 is 1.68. The van der Waals surface area contributed by atoms with Crippen molar-refractivity contribution in [2.75, 3.05) is 39.6 Å². The van der Waals surface area contributed by atoms with Gasteiger partial charge in [0.15, 0.2) is 11.5 Å². The predicted molar refractivity (Wildman–Crippen MR) is 106 cm³/mol. The molecular weight excluding hydrogens is 360 g/mol. The number of benzene rings is 1. The maximum atomic E-state index is 12.2. The molecule has 1 saturated heterocycles. The summed E-state index contributed by atoms with van der Waals surface area (Å²) in [4.78, 5) is 14.2. The molecule has 1 N–H and O–H groups in total. The van der Waals surface area contributed by atoms with Crippen molar-refractivity contribution in [1.29, 1.82) is 0 Å². The largest absolute Gasteiger partial charge is 0.493 e. The molecule has 1 aliphatic rings. The lowest BCUT2D eigenvalue weighted by Gasteiger charge is -2.25. The van der Waals surface area contributed by atoms with Gasteiger partial charge in [0.1, 0.15) is 5.37 Å². The van der Waals surface area contributed by atoms with E-state index in [1.807, 2.05) is 23.1 Å². The number of hydrogen-bond acceptors (Lipinski definition) is 5. The zero-order valence-corrected chi connectivity index (χ0v) is 16.9. The molecule has 1 fully saturated rings. The molecule has 0 spiro atoms. The fourth-order valence-electron chi connectivity index (χ4n) is 2.78. The molecule has 0 saturated carbocycles. The highest BCUT2D eigenvalue weighted by Crippen LogP contribution is 2.41. The van der Waals surface area contributed by atoms with Crippen LogP contribution in [-0.4, -0.2) is 50.4 Å². The van der Waals surface area contributed by atoms with Gasteiger partial charge in [-0.05, 0) is 43.6 Å². The SMILES string of the molecule is CCCCNCCCN1C(=O)CSC1c1ccc(OC)c(OC)c1.Cl. The minimum absolute atomic E-state index is 0. The summed E-state index contributed by atoms with van der Waals surface area (Å²) in [6.45, 7) is 4.98. The van der Waals surface area contributed by atoms with Gasteiger partial charge in [-0.1, -0.05) is 19.4 Å². The average Bonchev–Trinajstić information content (AvgIpc) is 2.98. The van der Waals surface area contributed by atoms with Crippen LogP contribution >= 0.6 is 24.2 Å². The van der Waals surface area contributed by atoms with Gasteiger partial charge in [-0.2, -0.15) is 0 Å². The summed E-state index contributed by atoms with van der Waals surface area (Å²) in [5.41, 5.74) is 1.09. The van der Waals surface area contributed by atoms with E-state index in [-0.39, 0.29) is 23.7 Å². The summed E-state index contributed by atoms with van der Waals surface area (Å²) in [6, 6.07) is 5.90. The van der Waals surface area contributed by atoms with Crippen molar-refractivity contribution in [3.63, 3.8) is 0 Å². The fraction of sp³-hybridized carbons (Fsp3) is 0.611. The van der Waals surface area contributed by atoms with Crippen LogP contribution in [0.3, 0.4) is 0 Å². The summed E-state index contributed by atoms with van der Waals surface area (Å²) < 4.78 is 10.7. The first kappa shape index (κ1) is 21.9. The third kappa shape index (κ3) is 5.97. The van der Waals surface area contributed by atoms with Crippen LogP contribution in [0, 0.1) is 0 Å². The molecule has 1 unspecified atom stereocenters. The molecule has 0 aliphatic carbocycles. The summed E-state index contributed by atoms with van der Waals surface area (Å²) in [5.74, 6) is 2.18. The van der Waals surface area contributed by atoms with E-state index in [4.69, 9.17) is 9.47 Å². The Morgan fingerprint density at radius 1 is 1.20 bits per heavy atom. The average molecular weight is 389 g/mol. The summed E-state index contributed by atoms with van der Waals surface area (Å²) in [5, 5.41) is 3.49. The quantitative estimate of drug-likeness (QED) is 0.622. The van der Waals surface area contributed by atoms with E-state index in [0.29, 0.717) is 17.3 Å². The fourth-order valence-corrected chi connectivity index (χ4v) is 3.99. The van der Waals surface area contributed by atoms with Gasteiger partial charge in [-0.3, -0.25) is 4.79 Å². The van der Waals surface area contributed by atoms with Gasteiger partial charge in [-0.15, -0.1) is 24.2 Å². The topological polar surface area (TPSA) is 50.8 Å². The molecule has 1 heterocycles. The molecule has 1 aromatic rings. The summed E-state index contributed by atoms with van der Waals surface area (Å²) in [6.07, 6.45) is 3.38. The van der Waals surface area contributed by atoms with Gasteiger partial charge in [0.2, 0.25) is 5.91 Å². The van der Waals surface area contributed by atoms with Crippen molar-refractivity contribution in [3.8, 4) is 11.5 Å². The van der Waals surface area contributed by atoms with Crippen LogP contribution in [0.25, 0.3) is 0 Å². The third-order valence-electron chi connectivity index (χ3n) is 4.12. The lowest BCUT2D eigenvalue weighted by molar-refractivity contribution is -0.128. The number of thioether (sulfide) groups is 1. The number of halogens is 1. The maximum absolute atomic E-state index is 12.2. The number of amides is 1. The molecule has 1 atom stereocenters. The van der Waals surface area contributed by atoms with Gasteiger partial charge < -0.3 is 19.7 Å². The second-order valence-corrected chi connectivity index (χ2v) is 6.89. The van der Waals surface area contributed by atoms with Crippen molar-refractivity contribution in [3.05, 3.63) is 23.8 Å². The normalized spacial score (nSPS) is 16.7. The Bertz CT molecular complexity index is 545. The highest BCUT2D eigenvalue weighted by molar-refractivity contribution is 8.00. The number of ether oxygens (including phenoxy) is 2. The molecule has 1 amide bonds. The molecule has 1 aromatic carbocycles. The van der Waals surface area contributed by atoms with Crippen LogP contribution in [0.15, 0.2) is 18.2 Å². The Hall–Kier alpha value is -1.11. The first-order chi connectivity index (χ1) is 11.7. The van der Waals surface area contributed by atoms with Gasteiger partial charge in [0, 0.05) is 6.54 Å². The van der Waals surface area contributed by atoms with Crippen LogP contribution < -0.4 is 14.8 Å². The van der Waals surface area contributed by atoms with Crippen molar-refractivity contribution >= 4 is 30.1 Å². The number of nitrogens with zero attached hydrogens (tertiary/aromatic N) is 1. The Balaban J connectivity index is 0.00000312. The molecule has 0 bridgehead atoms. The lowest BCUT2D eigenvalue weighted by atomic mass is 10.1. The van der Waals surface area contributed by atoms with Gasteiger partial charge >= 0.3 is 0 Å². The number of unbranched alkanes of at least 4 members (excludes halogenated alkanes) is 1. The molecule has 0 aromatic heterocycles. The molecule has 0 radical (unpaired) electrons. The van der Waals surface area contributed by atoms with Crippen LogP contribution in [0.1, 0.15) is 37.1 Å². The number of hydrogen-bond donors (Lipinski definition) is 1. The number of nitrogens with one attached hydrogen (secondary N) is 1. The minimum atomic E-state index is 0. The van der Waals surface area contributed by atoms with E-state index in [0.717, 1.165) is 31.6 Å². The zero-order valence-electron chi connectivity index (χ0n) is 15.2. The number of rotatable bonds is 10. The molecule has 2 rings (SSSR count). The van der Waals surface area contributed by atoms with E-state index in [1.54, 1.807) is 26.0 Å². The molecule has 142 valence electrons. The van der Waals surface area contributed by atoms with Crippen molar-refractivity contribution < 1.29 is 14.3 Å². The maximum Gasteiger partial charge on any atom is 0.233 e. The van der Waals surface area contributed by atoms with E-state index in [2.05, 4.69) is 12.2 Å². The van der Waals surface area contributed by atoms with E-state index < -0.39 is 0 Å². The minimum Gasteiger partial charge on any atom is -0.493 e. The standard InChI is InChI=1S/C18H28N2O3S.ClH/c1-4-5-9-19-10-6-11-20-17(21)13-24-18(20)14-7-8-15(22-2)16(12-14)23-3;/h7-8,12,18-19H,4-6,9-11,13H2,1-3H3;1H. The first-order valence-electron chi connectivity index (χ1n) is 8.55. The van der Waals surface area contributed by atoms with Crippen molar-refractivity contribution in [2.24, 2.45) is 0 Å². The lowest BCUT2D eigenvalue weighted by Crippen LogP contribution is -2.31. The number of carbonyl (C=O) groups is 1. The Labute approximate surface area is 161 Å². The molecule has 5 nitrogen and oxygen atoms in total. The molecular formula is C18H29ClN2O3S. The first-order valence-corrected chi connectivity index (χ1v) is 9.59. The molecule has 7 heteroatoms. The summed E-state index contributed by atoms with van der Waals surface area (Å²) in [7, 11) is 3.26. The second kappa shape index (κ2) is 11.5. The zero-order chi connectivity index (χ0) is 17.4.